The highest BCUT2D eigenvalue weighted by Crippen LogP contribution is 2.21. The van der Waals surface area contributed by atoms with Crippen LogP contribution in [0.1, 0.15) is 23.7 Å². The number of carbonyl (C=O) groups is 1. The highest BCUT2D eigenvalue weighted by molar-refractivity contribution is 6.31. The molecule has 0 radical (unpaired) electrons. The molecule has 84 valence electrons. The lowest BCUT2D eigenvalue weighted by molar-refractivity contribution is 0.0955. The van der Waals surface area contributed by atoms with E-state index in [0.717, 1.165) is 17.3 Å². The van der Waals surface area contributed by atoms with Crippen LogP contribution in [0, 0.1) is 0 Å². The zero-order valence-electron chi connectivity index (χ0n) is 9.01. The lowest BCUT2D eigenvalue weighted by Crippen LogP contribution is -2.23. The molecule has 1 aromatic carbocycles. The number of nitrogens with one attached hydrogen (secondary N) is 2. The minimum atomic E-state index is -0.0459. The first-order chi connectivity index (χ1) is 7.72. The largest absolute Gasteiger partial charge is 0.360 e. The second-order valence-electron chi connectivity index (χ2n) is 3.65. The average molecular weight is 237 g/mol. The van der Waals surface area contributed by atoms with Gasteiger partial charge in [0.2, 0.25) is 0 Å². The lowest BCUT2D eigenvalue weighted by Gasteiger charge is -2.01. The highest BCUT2D eigenvalue weighted by Gasteiger charge is 2.10. The van der Waals surface area contributed by atoms with Crippen molar-refractivity contribution in [3.05, 3.63) is 35.0 Å². The summed E-state index contributed by atoms with van der Waals surface area (Å²) in [5, 5.41) is 4.41. The van der Waals surface area contributed by atoms with Crippen LogP contribution < -0.4 is 5.32 Å². The first-order valence-electron chi connectivity index (χ1n) is 5.27. The van der Waals surface area contributed by atoms with Crippen LogP contribution in [0.25, 0.3) is 10.9 Å². The van der Waals surface area contributed by atoms with E-state index in [2.05, 4.69) is 10.3 Å². The van der Waals surface area contributed by atoms with E-state index in [1.54, 1.807) is 12.3 Å². The van der Waals surface area contributed by atoms with Crippen LogP contribution in [0.15, 0.2) is 24.4 Å². The molecule has 0 saturated heterocycles. The SMILES string of the molecule is CCCNC(=O)c1c[nH]c2cc(Cl)ccc12. The molecule has 0 spiro atoms. The van der Waals surface area contributed by atoms with Crippen LogP contribution >= 0.6 is 11.6 Å². The molecule has 0 unspecified atom stereocenters. The van der Waals surface area contributed by atoms with Crippen LogP contribution in [-0.2, 0) is 0 Å². The normalized spacial score (nSPS) is 10.6. The Balaban J connectivity index is 2.34. The summed E-state index contributed by atoms with van der Waals surface area (Å²) >= 11 is 5.87. The van der Waals surface area contributed by atoms with Crippen molar-refractivity contribution in [2.45, 2.75) is 13.3 Å². The van der Waals surface area contributed by atoms with Gasteiger partial charge in [-0.25, -0.2) is 0 Å². The van der Waals surface area contributed by atoms with Crippen molar-refractivity contribution in [2.75, 3.05) is 6.54 Å². The third-order valence-electron chi connectivity index (χ3n) is 2.42. The van der Waals surface area contributed by atoms with Crippen molar-refractivity contribution in [3.8, 4) is 0 Å². The molecule has 0 atom stereocenters. The minimum Gasteiger partial charge on any atom is -0.360 e. The van der Waals surface area contributed by atoms with Gasteiger partial charge in [0, 0.05) is 28.7 Å². The minimum absolute atomic E-state index is 0.0459. The molecule has 0 aliphatic carbocycles. The van der Waals surface area contributed by atoms with Gasteiger partial charge in [-0.05, 0) is 18.6 Å². The first kappa shape index (κ1) is 11.0. The fourth-order valence-electron chi connectivity index (χ4n) is 1.62. The second-order valence-corrected chi connectivity index (χ2v) is 4.08. The van der Waals surface area contributed by atoms with E-state index in [0.29, 0.717) is 17.1 Å². The van der Waals surface area contributed by atoms with Crippen molar-refractivity contribution in [3.63, 3.8) is 0 Å². The molecule has 0 aliphatic rings. The quantitative estimate of drug-likeness (QED) is 0.846. The van der Waals surface area contributed by atoms with Crippen LogP contribution in [-0.4, -0.2) is 17.4 Å². The number of hydrogen-bond acceptors (Lipinski definition) is 1. The summed E-state index contributed by atoms with van der Waals surface area (Å²) in [5.41, 5.74) is 1.55. The Hall–Kier alpha value is -1.48. The van der Waals surface area contributed by atoms with Crippen LogP contribution in [0.2, 0.25) is 5.02 Å². The van der Waals surface area contributed by atoms with E-state index < -0.39 is 0 Å². The second kappa shape index (κ2) is 4.58. The van der Waals surface area contributed by atoms with Crippen molar-refractivity contribution in [2.24, 2.45) is 0 Å². The van der Waals surface area contributed by atoms with Gasteiger partial charge in [-0.15, -0.1) is 0 Å². The summed E-state index contributed by atoms with van der Waals surface area (Å²) in [6.45, 7) is 2.72. The Bertz CT molecular complexity index is 519. The van der Waals surface area contributed by atoms with Crippen LogP contribution in [0.5, 0.6) is 0 Å². The maximum atomic E-state index is 11.8. The number of H-pyrrole nitrogens is 1. The number of amides is 1. The van der Waals surface area contributed by atoms with E-state index in [1.165, 1.54) is 0 Å². The highest BCUT2D eigenvalue weighted by atomic mass is 35.5. The zero-order valence-corrected chi connectivity index (χ0v) is 9.77. The van der Waals surface area contributed by atoms with Crippen molar-refractivity contribution in [1.82, 2.24) is 10.3 Å². The van der Waals surface area contributed by atoms with Gasteiger partial charge in [0.1, 0.15) is 0 Å². The maximum absolute atomic E-state index is 11.8. The number of benzene rings is 1. The third kappa shape index (κ3) is 2.04. The molecule has 0 fully saturated rings. The first-order valence-corrected chi connectivity index (χ1v) is 5.65. The molecule has 3 nitrogen and oxygen atoms in total. The monoisotopic (exact) mass is 236 g/mol. The summed E-state index contributed by atoms with van der Waals surface area (Å²) < 4.78 is 0. The molecule has 2 N–H and O–H groups in total. The van der Waals surface area contributed by atoms with Gasteiger partial charge in [0.15, 0.2) is 0 Å². The maximum Gasteiger partial charge on any atom is 0.253 e. The van der Waals surface area contributed by atoms with Crippen molar-refractivity contribution >= 4 is 28.4 Å². The molecular formula is C12H13ClN2O. The van der Waals surface area contributed by atoms with Gasteiger partial charge in [-0.3, -0.25) is 4.79 Å². The Morgan fingerprint density at radius 3 is 3.06 bits per heavy atom. The van der Waals surface area contributed by atoms with E-state index >= 15 is 0 Å². The Morgan fingerprint density at radius 2 is 2.31 bits per heavy atom. The molecule has 16 heavy (non-hydrogen) atoms. The predicted molar refractivity (Wildman–Crippen MR) is 65.9 cm³/mol. The molecule has 1 aromatic heterocycles. The molecule has 4 heteroatoms. The van der Waals surface area contributed by atoms with Crippen molar-refractivity contribution in [1.29, 1.82) is 0 Å². The van der Waals surface area contributed by atoms with E-state index in [1.807, 2.05) is 19.1 Å². The molecular weight excluding hydrogens is 224 g/mol. The van der Waals surface area contributed by atoms with Gasteiger partial charge in [-0.2, -0.15) is 0 Å². The fourth-order valence-corrected chi connectivity index (χ4v) is 1.79. The number of halogens is 1. The Labute approximate surface area is 98.8 Å². The summed E-state index contributed by atoms with van der Waals surface area (Å²) in [6, 6.07) is 5.46. The van der Waals surface area contributed by atoms with Crippen LogP contribution in [0.3, 0.4) is 0 Å². The standard InChI is InChI=1S/C12H13ClN2O/c1-2-5-14-12(16)10-7-15-11-6-8(13)3-4-9(10)11/h3-4,6-7,15H,2,5H2,1H3,(H,14,16). The summed E-state index contributed by atoms with van der Waals surface area (Å²) in [7, 11) is 0. The number of hydrogen-bond donors (Lipinski definition) is 2. The summed E-state index contributed by atoms with van der Waals surface area (Å²) in [5.74, 6) is -0.0459. The number of fused-ring (bicyclic) bond motifs is 1. The van der Waals surface area contributed by atoms with Crippen LogP contribution in [0.4, 0.5) is 0 Å². The molecule has 2 rings (SSSR count). The summed E-state index contributed by atoms with van der Waals surface area (Å²) in [4.78, 5) is 14.8. The Kier molecular flexibility index (Phi) is 3.15. The number of aromatic nitrogens is 1. The zero-order chi connectivity index (χ0) is 11.5. The number of carbonyl (C=O) groups excluding carboxylic acids is 1. The molecule has 0 saturated carbocycles. The number of aromatic amines is 1. The lowest BCUT2D eigenvalue weighted by atomic mass is 10.1. The molecule has 0 bridgehead atoms. The van der Waals surface area contributed by atoms with Gasteiger partial charge in [0.25, 0.3) is 5.91 Å². The predicted octanol–water partition coefficient (Wildman–Crippen LogP) is 2.96. The van der Waals surface area contributed by atoms with Crippen molar-refractivity contribution < 1.29 is 4.79 Å². The fraction of sp³-hybridized carbons (Fsp3) is 0.250. The molecule has 1 heterocycles. The van der Waals surface area contributed by atoms with Gasteiger partial charge < -0.3 is 10.3 Å². The van der Waals surface area contributed by atoms with Gasteiger partial charge in [-0.1, -0.05) is 24.6 Å². The number of rotatable bonds is 3. The topological polar surface area (TPSA) is 44.9 Å². The molecule has 0 aliphatic heterocycles. The molecule has 2 aromatic rings. The van der Waals surface area contributed by atoms with E-state index in [9.17, 15) is 4.79 Å². The third-order valence-corrected chi connectivity index (χ3v) is 2.66. The van der Waals surface area contributed by atoms with E-state index in [4.69, 9.17) is 11.6 Å². The summed E-state index contributed by atoms with van der Waals surface area (Å²) in [6.07, 6.45) is 2.64. The average Bonchev–Trinajstić information content (AvgIpc) is 2.68. The van der Waals surface area contributed by atoms with Gasteiger partial charge >= 0.3 is 0 Å². The van der Waals surface area contributed by atoms with E-state index in [-0.39, 0.29) is 5.91 Å². The Morgan fingerprint density at radius 1 is 1.50 bits per heavy atom. The van der Waals surface area contributed by atoms with Gasteiger partial charge in [0.05, 0.1) is 5.56 Å². The molecule has 1 amide bonds. The smallest absolute Gasteiger partial charge is 0.253 e.